The molecule has 26 heavy (non-hydrogen) atoms. The molecule has 0 aliphatic carbocycles. The maximum absolute atomic E-state index is 12.3. The zero-order chi connectivity index (χ0) is 18.3. The summed E-state index contributed by atoms with van der Waals surface area (Å²) >= 11 is 0.681. The highest BCUT2D eigenvalue weighted by atomic mass is 32.2. The van der Waals surface area contributed by atoms with Crippen molar-refractivity contribution < 1.29 is 14.3 Å². The number of nitrogens with zero attached hydrogens (tertiary/aromatic N) is 2. The summed E-state index contributed by atoms with van der Waals surface area (Å²) in [5, 5.41) is 0.282. The smallest absolute Gasteiger partial charge is 0.298 e. The fraction of sp³-hybridized carbons (Fsp3) is 0.100. The molecule has 0 atom stereocenters. The molecule has 0 N–H and O–H groups in total. The molecule has 0 saturated carbocycles. The number of methoxy groups -OCH3 is 1. The summed E-state index contributed by atoms with van der Waals surface area (Å²) in [5.41, 5.74) is 2.94. The van der Waals surface area contributed by atoms with Gasteiger partial charge < -0.3 is 9.30 Å². The van der Waals surface area contributed by atoms with Gasteiger partial charge in [-0.15, -0.1) is 0 Å². The molecule has 4 rings (SSSR count). The Morgan fingerprint density at radius 1 is 1.12 bits per heavy atom. The molecule has 1 fully saturated rings. The van der Waals surface area contributed by atoms with E-state index in [2.05, 4.69) is 11.1 Å². The number of anilines is 1. The number of para-hydroxylation sites is 1. The van der Waals surface area contributed by atoms with Gasteiger partial charge in [-0.1, -0.05) is 36.9 Å². The van der Waals surface area contributed by atoms with E-state index in [1.807, 2.05) is 54.7 Å². The predicted molar refractivity (Wildman–Crippen MR) is 104 cm³/mol. The molecule has 0 bridgehead atoms. The van der Waals surface area contributed by atoms with Crippen molar-refractivity contribution in [3.63, 3.8) is 0 Å². The van der Waals surface area contributed by atoms with Crippen LogP contribution in [-0.4, -0.2) is 22.0 Å². The lowest BCUT2D eigenvalue weighted by molar-refractivity contribution is -0.107. The highest BCUT2D eigenvalue weighted by Gasteiger charge is 2.36. The monoisotopic (exact) mass is 364 g/mol. The van der Waals surface area contributed by atoms with Crippen LogP contribution in [0.4, 0.5) is 10.5 Å². The summed E-state index contributed by atoms with van der Waals surface area (Å²) in [6, 6.07) is 15.7. The standard InChI is InChI=1S/C20H16N2O3S/c1-13-19(23)26-20(24)22(13)18-12-21(17-9-4-3-8-16(17)18)11-14-6-5-7-15(10-14)25-2/h3-10,12H,1,11H2,2H3. The largest absolute Gasteiger partial charge is 0.497 e. The average molecular weight is 364 g/mol. The first-order valence-corrected chi connectivity index (χ1v) is 8.86. The molecule has 1 amide bonds. The first kappa shape index (κ1) is 16.5. The number of fused-ring (bicyclic) bond motifs is 1. The predicted octanol–water partition coefficient (Wildman–Crippen LogP) is 4.41. The molecule has 6 heteroatoms. The summed E-state index contributed by atoms with van der Waals surface area (Å²) in [4.78, 5) is 25.5. The molecule has 1 aliphatic rings. The minimum atomic E-state index is -0.315. The Kier molecular flexibility index (Phi) is 4.05. The molecule has 1 aliphatic heterocycles. The van der Waals surface area contributed by atoms with Crippen LogP contribution in [0.25, 0.3) is 10.9 Å². The quantitative estimate of drug-likeness (QED) is 0.644. The Balaban J connectivity index is 1.80. The van der Waals surface area contributed by atoms with Crippen molar-refractivity contribution in [3.8, 4) is 5.75 Å². The van der Waals surface area contributed by atoms with E-state index in [4.69, 9.17) is 4.74 Å². The number of carbonyl (C=O) groups excluding carboxylic acids is 2. The minimum Gasteiger partial charge on any atom is -0.497 e. The molecular formula is C20H16N2O3S. The molecule has 5 nitrogen and oxygen atoms in total. The number of benzene rings is 2. The first-order chi connectivity index (χ1) is 12.6. The number of carbonyl (C=O) groups is 2. The summed E-state index contributed by atoms with van der Waals surface area (Å²) in [5.74, 6) is 0.796. The van der Waals surface area contributed by atoms with Crippen LogP contribution >= 0.6 is 11.8 Å². The van der Waals surface area contributed by atoms with Gasteiger partial charge in [0, 0.05) is 29.9 Å². The van der Waals surface area contributed by atoms with Gasteiger partial charge in [0.1, 0.15) is 5.75 Å². The number of amides is 1. The lowest BCUT2D eigenvalue weighted by Crippen LogP contribution is -2.20. The zero-order valence-corrected chi connectivity index (χ0v) is 15.0. The van der Waals surface area contributed by atoms with Gasteiger partial charge in [0.05, 0.1) is 24.0 Å². The van der Waals surface area contributed by atoms with Gasteiger partial charge in [0.2, 0.25) is 5.12 Å². The Bertz CT molecular complexity index is 1050. The zero-order valence-electron chi connectivity index (χ0n) is 14.1. The van der Waals surface area contributed by atoms with Crippen LogP contribution in [0.3, 0.4) is 0 Å². The van der Waals surface area contributed by atoms with Crippen molar-refractivity contribution in [2.24, 2.45) is 0 Å². The molecule has 0 radical (unpaired) electrons. The highest BCUT2D eigenvalue weighted by Crippen LogP contribution is 2.38. The maximum atomic E-state index is 12.3. The summed E-state index contributed by atoms with van der Waals surface area (Å²) in [6.07, 6.45) is 1.90. The molecule has 0 spiro atoms. The second-order valence-electron chi connectivity index (χ2n) is 5.95. The van der Waals surface area contributed by atoms with Crippen LogP contribution < -0.4 is 9.64 Å². The van der Waals surface area contributed by atoms with Gasteiger partial charge in [-0.3, -0.25) is 14.5 Å². The number of rotatable bonds is 4. The van der Waals surface area contributed by atoms with Crippen molar-refractivity contribution >= 4 is 38.7 Å². The van der Waals surface area contributed by atoms with Gasteiger partial charge in [0.25, 0.3) is 5.24 Å². The number of aromatic nitrogens is 1. The Labute approximate surface area is 154 Å². The normalized spacial score (nSPS) is 14.5. The highest BCUT2D eigenvalue weighted by molar-refractivity contribution is 8.27. The van der Waals surface area contributed by atoms with E-state index in [0.717, 1.165) is 22.2 Å². The van der Waals surface area contributed by atoms with Crippen LogP contribution in [-0.2, 0) is 11.3 Å². The number of ether oxygens (including phenoxy) is 1. The number of hydrogen-bond acceptors (Lipinski definition) is 4. The molecule has 130 valence electrons. The Morgan fingerprint density at radius 3 is 2.65 bits per heavy atom. The third-order valence-corrected chi connectivity index (χ3v) is 5.14. The molecule has 3 aromatic rings. The molecule has 1 aromatic heterocycles. The van der Waals surface area contributed by atoms with Crippen molar-refractivity contribution in [2.75, 3.05) is 12.0 Å². The lowest BCUT2D eigenvalue weighted by atomic mass is 10.2. The van der Waals surface area contributed by atoms with Gasteiger partial charge in [-0.2, -0.15) is 0 Å². The van der Waals surface area contributed by atoms with Crippen LogP contribution in [0.15, 0.2) is 67.0 Å². The van der Waals surface area contributed by atoms with Gasteiger partial charge >= 0.3 is 0 Å². The van der Waals surface area contributed by atoms with E-state index in [9.17, 15) is 9.59 Å². The lowest BCUT2D eigenvalue weighted by Gasteiger charge is -2.13. The fourth-order valence-electron chi connectivity index (χ4n) is 3.13. The fourth-order valence-corrected chi connectivity index (χ4v) is 3.80. The van der Waals surface area contributed by atoms with E-state index in [1.165, 1.54) is 4.90 Å². The Hall–Kier alpha value is -2.99. The molecule has 1 saturated heterocycles. The Morgan fingerprint density at radius 2 is 1.92 bits per heavy atom. The van der Waals surface area contributed by atoms with Crippen LogP contribution in [0.5, 0.6) is 5.75 Å². The van der Waals surface area contributed by atoms with E-state index in [1.54, 1.807) is 7.11 Å². The van der Waals surface area contributed by atoms with Crippen LogP contribution in [0.2, 0.25) is 0 Å². The van der Waals surface area contributed by atoms with Gasteiger partial charge in [-0.25, -0.2) is 0 Å². The van der Waals surface area contributed by atoms with Crippen molar-refractivity contribution in [2.45, 2.75) is 6.54 Å². The van der Waals surface area contributed by atoms with Crippen molar-refractivity contribution in [1.82, 2.24) is 4.57 Å². The second-order valence-corrected chi connectivity index (χ2v) is 6.87. The van der Waals surface area contributed by atoms with E-state index in [0.29, 0.717) is 24.0 Å². The summed E-state index contributed by atoms with van der Waals surface area (Å²) in [6.45, 7) is 4.39. The van der Waals surface area contributed by atoms with E-state index < -0.39 is 0 Å². The van der Waals surface area contributed by atoms with Gasteiger partial charge in [-0.05, 0) is 23.8 Å². The molecule has 2 heterocycles. The average Bonchev–Trinajstić information content (AvgIpc) is 3.12. The van der Waals surface area contributed by atoms with Gasteiger partial charge in [0.15, 0.2) is 0 Å². The molecule has 2 aromatic carbocycles. The van der Waals surface area contributed by atoms with E-state index >= 15 is 0 Å². The molecule has 0 unspecified atom stereocenters. The topological polar surface area (TPSA) is 51.5 Å². The molecular weight excluding hydrogens is 348 g/mol. The third-order valence-electron chi connectivity index (χ3n) is 4.36. The number of hydrogen-bond donors (Lipinski definition) is 0. The first-order valence-electron chi connectivity index (χ1n) is 8.04. The van der Waals surface area contributed by atoms with E-state index in [-0.39, 0.29) is 16.1 Å². The minimum absolute atomic E-state index is 0.198. The van der Waals surface area contributed by atoms with Crippen molar-refractivity contribution in [3.05, 3.63) is 72.6 Å². The third kappa shape index (κ3) is 2.68. The summed E-state index contributed by atoms with van der Waals surface area (Å²) < 4.78 is 7.36. The number of thioether (sulfide) groups is 1. The van der Waals surface area contributed by atoms with Crippen LogP contribution in [0.1, 0.15) is 5.56 Å². The van der Waals surface area contributed by atoms with Crippen LogP contribution in [0, 0.1) is 0 Å². The summed E-state index contributed by atoms with van der Waals surface area (Å²) in [7, 11) is 1.64. The van der Waals surface area contributed by atoms with Crippen molar-refractivity contribution in [1.29, 1.82) is 0 Å². The maximum Gasteiger partial charge on any atom is 0.298 e. The second kappa shape index (κ2) is 6.38. The SMILES string of the molecule is C=C1C(=O)SC(=O)N1c1cn(Cc2cccc(OC)c2)c2ccccc12.